The summed E-state index contributed by atoms with van der Waals surface area (Å²) in [4.78, 5) is 8.91. The lowest BCUT2D eigenvalue weighted by atomic mass is 10.3. The number of sulfonamides is 2. The highest BCUT2D eigenvalue weighted by Gasteiger charge is 2.18. The lowest BCUT2D eigenvalue weighted by Gasteiger charge is -2.12. The Morgan fingerprint density at radius 3 is 1.59 bits per heavy atom. The number of benzene rings is 2. The number of nitrogens with zero attached hydrogens (tertiary/aromatic N) is 8. The van der Waals surface area contributed by atoms with Crippen LogP contribution in [-0.4, -0.2) is 82.8 Å². The Labute approximate surface area is 301 Å². The van der Waals surface area contributed by atoms with Gasteiger partial charge < -0.3 is 10.6 Å². The molecule has 6 aromatic rings. The zero-order valence-electron chi connectivity index (χ0n) is 27.0. The number of nitrogens with one attached hydrogen (secondary N) is 2. The largest absolute Gasteiger partial charge is 0.340 e. The van der Waals surface area contributed by atoms with Crippen LogP contribution < -0.4 is 10.6 Å². The predicted molar refractivity (Wildman–Crippen MR) is 194 cm³/mol. The number of fused-ring (bicyclic) bond motifs is 2. The monoisotopic (exact) mass is 808 g/mol. The van der Waals surface area contributed by atoms with E-state index < -0.39 is 20.0 Å². The molecule has 0 aliphatic carbocycles. The highest BCUT2D eigenvalue weighted by atomic mass is 79.9. The van der Waals surface area contributed by atoms with Crippen LogP contribution in [-0.2, 0) is 20.0 Å². The van der Waals surface area contributed by atoms with Crippen molar-refractivity contribution in [1.82, 2.24) is 37.8 Å². The summed E-state index contributed by atoms with van der Waals surface area (Å²) < 4.78 is 54.8. The first-order chi connectivity index (χ1) is 23.0. The van der Waals surface area contributed by atoms with E-state index >= 15 is 0 Å². The van der Waals surface area contributed by atoms with E-state index in [1.54, 1.807) is 69.7 Å². The minimum Gasteiger partial charge on any atom is -0.340 e. The van der Waals surface area contributed by atoms with E-state index in [9.17, 15) is 16.8 Å². The molecule has 0 unspecified atom stereocenters. The summed E-state index contributed by atoms with van der Waals surface area (Å²) in [5, 5.41) is 15.8. The normalized spacial score (nSPS) is 12.1. The molecule has 0 spiro atoms. The third-order valence-electron chi connectivity index (χ3n) is 6.99. The van der Waals surface area contributed by atoms with Gasteiger partial charge in [-0.2, -0.15) is 19.2 Å². The minimum absolute atomic E-state index is 0.221. The molecule has 4 heterocycles. The molecule has 49 heavy (non-hydrogen) atoms. The summed E-state index contributed by atoms with van der Waals surface area (Å²) in [5.41, 5.74) is 4.24. The fraction of sp³-hybridized carbons (Fsp3) is 0.200. The van der Waals surface area contributed by atoms with E-state index in [1.165, 1.54) is 36.8 Å². The summed E-state index contributed by atoms with van der Waals surface area (Å²) in [6.07, 6.45) is 0. The highest BCUT2D eigenvalue weighted by molar-refractivity contribution is 9.10. The zero-order valence-corrected chi connectivity index (χ0v) is 31.7. The summed E-state index contributed by atoms with van der Waals surface area (Å²) in [5.74, 6) is 1.26. The zero-order chi connectivity index (χ0) is 35.8. The fourth-order valence-corrected chi connectivity index (χ4v) is 6.95. The average Bonchev–Trinajstić information content (AvgIpc) is 3.55. The van der Waals surface area contributed by atoms with E-state index in [2.05, 4.69) is 46.7 Å². The summed E-state index contributed by atoms with van der Waals surface area (Å²) in [7, 11) is -0.922. The lowest BCUT2D eigenvalue weighted by molar-refractivity contribution is 0.519. The standard InChI is InChI=1S/C15H15BrClN5O2S.C15H16ClN5O2S/c1-9-14(16)15-19-12(17)8-13(22(15)20-9)18-10-4-6-11(7-5-10)25(23,24)21(2)3;1-10-8-14-18-13(16)9-15(21(14)19-10)17-11-4-6-12(7-5-11)24(22,23)20(2)3/h4-8,18H,1-3H3;4-9,17H,1-3H3. The van der Waals surface area contributed by atoms with Gasteiger partial charge in [-0.1, -0.05) is 23.2 Å². The molecular weight excluding hydrogens is 779 g/mol. The Hall–Kier alpha value is -3.84. The number of hydrogen-bond acceptors (Lipinski definition) is 10. The van der Waals surface area contributed by atoms with Gasteiger partial charge in [0.25, 0.3) is 0 Å². The number of halogens is 3. The molecule has 0 bridgehead atoms. The van der Waals surface area contributed by atoms with Gasteiger partial charge in [0.05, 0.1) is 25.7 Å². The number of rotatable bonds is 8. The summed E-state index contributed by atoms with van der Waals surface area (Å²) >= 11 is 15.6. The van der Waals surface area contributed by atoms with Crippen LogP contribution in [0.5, 0.6) is 0 Å². The quantitative estimate of drug-likeness (QED) is 0.171. The highest BCUT2D eigenvalue weighted by Crippen LogP contribution is 2.28. The maximum atomic E-state index is 12.1. The molecular formula is C30H31BrCl2N10O4S2. The molecule has 2 aromatic carbocycles. The molecule has 0 radical (unpaired) electrons. The predicted octanol–water partition coefficient (Wildman–Crippen LogP) is 6.13. The fourth-order valence-electron chi connectivity index (χ4n) is 4.44. The van der Waals surface area contributed by atoms with E-state index in [0.717, 1.165) is 15.9 Å². The van der Waals surface area contributed by atoms with Crippen LogP contribution in [0.15, 0.2) is 81.0 Å². The van der Waals surface area contributed by atoms with Crippen LogP contribution >= 0.6 is 39.1 Å². The first kappa shape index (κ1) is 36.4. The van der Waals surface area contributed by atoms with Gasteiger partial charge in [-0.05, 0) is 78.3 Å². The SMILES string of the molecule is Cc1cc2nc(Cl)cc(Nc3ccc(S(=O)(=O)N(C)C)cc3)n2n1.Cc1nn2c(Nc3ccc(S(=O)(=O)N(C)C)cc3)cc(Cl)nc2c1Br. The molecule has 4 aromatic heterocycles. The van der Waals surface area contributed by atoms with Crippen molar-refractivity contribution in [2.24, 2.45) is 0 Å². The Morgan fingerprint density at radius 1 is 0.673 bits per heavy atom. The molecule has 0 amide bonds. The minimum atomic E-state index is -3.46. The number of aryl methyl sites for hydroxylation is 2. The Morgan fingerprint density at radius 2 is 1.12 bits per heavy atom. The van der Waals surface area contributed by atoms with Gasteiger partial charge >= 0.3 is 0 Å². The third kappa shape index (κ3) is 7.82. The second-order valence-electron chi connectivity index (χ2n) is 11.0. The van der Waals surface area contributed by atoms with Gasteiger partial charge in [-0.15, -0.1) is 0 Å². The van der Waals surface area contributed by atoms with Gasteiger partial charge in [0.2, 0.25) is 20.0 Å². The lowest BCUT2D eigenvalue weighted by Crippen LogP contribution is -2.22. The van der Waals surface area contributed by atoms with E-state index in [-0.39, 0.29) is 9.79 Å². The maximum absolute atomic E-state index is 12.1. The van der Waals surface area contributed by atoms with Crippen molar-refractivity contribution in [1.29, 1.82) is 0 Å². The van der Waals surface area contributed by atoms with Gasteiger partial charge in [-0.3, -0.25) is 0 Å². The summed E-state index contributed by atoms with van der Waals surface area (Å²) in [6, 6.07) is 18.1. The molecule has 0 aliphatic rings. The van der Waals surface area contributed by atoms with Gasteiger partial charge in [0, 0.05) is 57.8 Å². The molecule has 0 atom stereocenters. The molecule has 2 N–H and O–H groups in total. The maximum Gasteiger partial charge on any atom is 0.242 e. The Bertz CT molecular complexity index is 2380. The molecule has 14 nitrogen and oxygen atoms in total. The van der Waals surface area contributed by atoms with E-state index in [1.807, 2.05) is 19.9 Å². The number of hydrogen-bond donors (Lipinski definition) is 2. The molecule has 0 saturated carbocycles. The van der Waals surface area contributed by atoms with Crippen LogP contribution in [0.1, 0.15) is 11.4 Å². The van der Waals surface area contributed by atoms with Crippen molar-refractivity contribution in [3.8, 4) is 0 Å². The van der Waals surface area contributed by atoms with E-state index in [0.29, 0.717) is 44.6 Å². The number of anilines is 4. The molecule has 0 saturated heterocycles. The van der Waals surface area contributed by atoms with Gasteiger partial charge in [0.15, 0.2) is 11.3 Å². The van der Waals surface area contributed by atoms with Gasteiger partial charge in [-0.25, -0.2) is 35.4 Å². The second kappa shape index (κ2) is 14.2. The molecule has 0 aliphatic heterocycles. The van der Waals surface area contributed by atoms with Crippen LogP contribution in [0.4, 0.5) is 23.0 Å². The third-order valence-corrected chi connectivity index (χ3v) is 12.0. The topological polar surface area (TPSA) is 159 Å². The number of aromatic nitrogens is 6. The van der Waals surface area contributed by atoms with Crippen molar-refractivity contribution in [3.05, 3.63) is 92.9 Å². The van der Waals surface area contributed by atoms with Crippen molar-refractivity contribution in [2.45, 2.75) is 23.6 Å². The summed E-state index contributed by atoms with van der Waals surface area (Å²) in [6.45, 7) is 3.73. The molecule has 6 rings (SSSR count). The van der Waals surface area contributed by atoms with Crippen molar-refractivity contribution in [2.75, 3.05) is 38.8 Å². The van der Waals surface area contributed by atoms with Crippen molar-refractivity contribution >= 4 is 93.5 Å². The Kier molecular flexibility index (Phi) is 10.5. The smallest absolute Gasteiger partial charge is 0.242 e. The van der Waals surface area contributed by atoms with Crippen LogP contribution in [0.3, 0.4) is 0 Å². The Balaban J connectivity index is 0.000000191. The first-order valence-corrected chi connectivity index (χ1v) is 18.7. The van der Waals surface area contributed by atoms with Crippen LogP contribution in [0.25, 0.3) is 11.3 Å². The van der Waals surface area contributed by atoms with Crippen LogP contribution in [0.2, 0.25) is 10.3 Å². The molecule has 19 heteroatoms. The second-order valence-corrected chi connectivity index (χ2v) is 16.9. The van der Waals surface area contributed by atoms with Gasteiger partial charge in [0.1, 0.15) is 21.9 Å². The first-order valence-electron chi connectivity index (χ1n) is 14.3. The van der Waals surface area contributed by atoms with Crippen molar-refractivity contribution in [3.63, 3.8) is 0 Å². The van der Waals surface area contributed by atoms with Crippen LogP contribution in [0, 0.1) is 13.8 Å². The molecule has 258 valence electrons. The van der Waals surface area contributed by atoms with Crippen molar-refractivity contribution < 1.29 is 16.8 Å². The average molecular weight is 811 g/mol. The van der Waals surface area contributed by atoms with E-state index in [4.69, 9.17) is 23.2 Å². The molecule has 0 fully saturated rings.